The first-order chi connectivity index (χ1) is 7.15. The Morgan fingerprint density at radius 1 is 1.67 bits per heavy atom. The molecule has 0 unspecified atom stereocenters. The van der Waals surface area contributed by atoms with Crippen LogP contribution in [0.4, 0.5) is 5.69 Å². The highest BCUT2D eigenvalue weighted by molar-refractivity contribution is 6.69. The molecule has 0 aliphatic rings. The third-order valence-electron chi connectivity index (χ3n) is 1.65. The highest BCUT2D eigenvalue weighted by Gasteiger charge is 2.07. The number of non-ortho nitro benzene ring substituents is 1. The SMILES string of the molecule is C=CCN=C(Cl)c1cccc([N+](=O)[O-])c1. The molecule has 0 bridgehead atoms. The van der Waals surface area contributed by atoms with E-state index in [-0.39, 0.29) is 10.9 Å². The molecule has 1 rings (SSSR count). The van der Waals surface area contributed by atoms with Crippen molar-refractivity contribution in [2.75, 3.05) is 6.54 Å². The molecule has 0 heterocycles. The summed E-state index contributed by atoms with van der Waals surface area (Å²) in [7, 11) is 0. The van der Waals surface area contributed by atoms with E-state index in [4.69, 9.17) is 11.6 Å². The van der Waals surface area contributed by atoms with Gasteiger partial charge in [-0.3, -0.25) is 15.1 Å². The Morgan fingerprint density at radius 2 is 2.40 bits per heavy atom. The molecule has 0 aliphatic carbocycles. The molecule has 0 radical (unpaired) electrons. The predicted molar refractivity (Wildman–Crippen MR) is 60.6 cm³/mol. The summed E-state index contributed by atoms with van der Waals surface area (Å²) in [5.74, 6) is 0. The van der Waals surface area contributed by atoms with Gasteiger partial charge in [-0.15, -0.1) is 6.58 Å². The molecule has 4 nitrogen and oxygen atoms in total. The zero-order valence-corrected chi connectivity index (χ0v) is 8.65. The summed E-state index contributed by atoms with van der Waals surface area (Å²) in [6.45, 7) is 3.89. The van der Waals surface area contributed by atoms with E-state index in [1.54, 1.807) is 18.2 Å². The van der Waals surface area contributed by atoms with Crippen molar-refractivity contribution >= 4 is 22.5 Å². The maximum absolute atomic E-state index is 10.5. The minimum absolute atomic E-state index is 0.000506. The van der Waals surface area contributed by atoms with E-state index in [1.807, 2.05) is 0 Å². The molecule has 0 atom stereocenters. The first kappa shape index (κ1) is 11.4. The van der Waals surface area contributed by atoms with Crippen molar-refractivity contribution < 1.29 is 4.92 Å². The molecule has 0 saturated heterocycles. The van der Waals surface area contributed by atoms with Crippen molar-refractivity contribution in [3.63, 3.8) is 0 Å². The first-order valence-electron chi connectivity index (χ1n) is 4.21. The van der Waals surface area contributed by atoms with Crippen LogP contribution in [0.5, 0.6) is 0 Å². The van der Waals surface area contributed by atoms with Crippen LogP contribution < -0.4 is 0 Å². The topological polar surface area (TPSA) is 55.5 Å². The molecule has 0 aromatic heterocycles. The Kier molecular flexibility index (Phi) is 4.00. The first-order valence-corrected chi connectivity index (χ1v) is 4.58. The summed E-state index contributed by atoms with van der Waals surface area (Å²) < 4.78 is 0. The third kappa shape index (κ3) is 3.18. The lowest BCUT2D eigenvalue weighted by Gasteiger charge is -1.97. The fourth-order valence-electron chi connectivity index (χ4n) is 0.984. The summed E-state index contributed by atoms with van der Waals surface area (Å²) in [5, 5.41) is 10.7. The van der Waals surface area contributed by atoms with Crippen LogP contribution in [0.3, 0.4) is 0 Å². The minimum Gasteiger partial charge on any atom is -0.268 e. The van der Waals surface area contributed by atoms with Gasteiger partial charge in [-0.25, -0.2) is 0 Å². The molecule has 0 spiro atoms. The zero-order valence-electron chi connectivity index (χ0n) is 7.89. The van der Waals surface area contributed by atoms with E-state index < -0.39 is 4.92 Å². The normalized spacial score (nSPS) is 11.1. The molecule has 78 valence electrons. The summed E-state index contributed by atoms with van der Waals surface area (Å²) in [5.41, 5.74) is 0.534. The highest BCUT2D eigenvalue weighted by Crippen LogP contribution is 2.15. The average Bonchev–Trinajstić information content (AvgIpc) is 2.26. The van der Waals surface area contributed by atoms with Gasteiger partial charge >= 0.3 is 0 Å². The van der Waals surface area contributed by atoms with Gasteiger partial charge in [-0.05, 0) is 0 Å². The fourth-order valence-corrected chi connectivity index (χ4v) is 1.17. The number of nitro benzene ring substituents is 1. The van der Waals surface area contributed by atoms with Crippen molar-refractivity contribution in [2.24, 2.45) is 4.99 Å². The quantitative estimate of drug-likeness (QED) is 0.342. The van der Waals surface area contributed by atoms with E-state index >= 15 is 0 Å². The van der Waals surface area contributed by atoms with E-state index in [0.29, 0.717) is 12.1 Å². The zero-order chi connectivity index (χ0) is 11.3. The van der Waals surface area contributed by atoms with Crippen molar-refractivity contribution in [1.29, 1.82) is 0 Å². The van der Waals surface area contributed by atoms with Gasteiger partial charge in [0, 0.05) is 17.7 Å². The Labute approximate surface area is 92.1 Å². The number of nitro groups is 1. The van der Waals surface area contributed by atoms with Gasteiger partial charge in [0.2, 0.25) is 0 Å². The van der Waals surface area contributed by atoms with Crippen LogP contribution in [-0.2, 0) is 0 Å². The highest BCUT2D eigenvalue weighted by atomic mass is 35.5. The minimum atomic E-state index is -0.471. The van der Waals surface area contributed by atoms with E-state index in [1.165, 1.54) is 12.1 Å². The summed E-state index contributed by atoms with van der Waals surface area (Å²) in [4.78, 5) is 14.0. The van der Waals surface area contributed by atoms with Crippen LogP contribution in [0.15, 0.2) is 41.9 Å². The molecule has 0 N–H and O–H groups in total. The lowest BCUT2D eigenvalue weighted by Crippen LogP contribution is -1.95. The monoisotopic (exact) mass is 224 g/mol. The maximum Gasteiger partial charge on any atom is 0.270 e. The number of rotatable bonds is 4. The molecular formula is C10H9ClN2O2. The number of halogens is 1. The molecule has 5 heteroatoms. The van der Waals surface area contributed by atoms with Gasteiger partial charge in [0.15, 0.2) is 0 Å². The molecule has 0 amide bonds. The van der Waals surface area contributed by atoms with Crippen molar-refractivity contribution in [3.05, 3.63) is 52.6 Å². The Balaban J connectivity index is 2.99. The van der Waals surface area contributed by atoms with Crippen LogP contribution >= 0.6 is 11.6 Å². The third-order valence-corrected chi connectivity index (χ3v) is 1.99. The van der Waals surface area contributed by atoms with Crippen LogP contribution in [0, 0.1) is 10.1 Å². The van der Waals surface area contributed by atoms with Crippen LogP contribution in [-0.4, -0.2) is 16.6 Å². The Hall–Kier alpha value is -1.68. The second-order valence-corrected chi connectivity index (χ2v) is 3.09. The predicted octanol–water partition coefficient (Wildman–Crippen LogP) is 2.77. The van der Waals surface area contributed by atoms with E-state index in [9.17, 15) is 10.1 Å². The number of hydrogen-bond acceptors (Lipinski definition) is 3. The van der Waals surface area contributed by atoms with Crippen LogP contribution in [0.2, 0.25) is 0 Å². The molecule has 0 fully saturated rings. The van der Waals surface area contributed by atoms with Crippen molar-refractivity contribution in [2.45, 2.75) is 0 Å². The van der Waals surface area contributed by atoms with Gasteiger partial charge in [0.1, 0.15) is 5.17 Å². The van der Waals surface area contributed by atoms with Gasteiger partial charge < -0.3 is 0 Å². The van der Waals surface area contributed by atoms with E-state index in [0.717, 1.165) is 0 Å². The molecule has 0 aliphatic heterocycles. The average molecular weight is 225 g/mol. The summed E-state index contributed by atoms with van der Waals surface area (Å²) >= 11 is 5.84. The number of aliphatic imine (C=N–C) groups is 1. The number of benzene rings is 1. The fraction of sp³-hybridized carbons (Fsp3) is 0.100. The summed E-state index contributed by atoms with van der Waals surface area (Å²) in [6.07, 6.45) is 1.60. The van der Waals surface area contributed by atoms with Gasteiger partial charge in [0.25, 0.3) is 5.69 Å². The molecular weight excluding hydrogens is 216 g/mol. The Bertz CT molecular complexity index is 416. The lowest BCUT2D eigenvalue weighted by molar-refractivity contribution is -0.384. The van der Waals surface area contributed by atoms with Gasteiger partial charge in [-0.1, -0.05) is 29.8 Å². The van der Waals surface area contributed by atoms with Crippen LogP contribution in [0.25, 0.3) is 0 Å². The largest absolute Gasteiger partial charge is 0.270 e. The van der Waals surface area contributed by atoms with Crippen molar-refractivity contribution in [3.8, 4) is 0 Å². The number of hydrogen-bond donors (Lipinski definition) is 0. The second kappa shape index (κ2) is 5.26. The maximum atomic E-state index is 10.5. The lowest BCUT2D eigenvalue weighted by atomic mass is 10.2. The van der Waals surface area contributed by atoms with Crippen molar-refractivity contribution in [1.82, 2.24) is 0 Å². The Morgan fingerprint density at radius 3 is 3.00 bits per heavy atom. The molecule has 0 saturated carbocycles. The van der Waals surface area contributed by atoms with E-state index in [2.05, 4.69) is 11.6 Å². The van der Waals surface area contributed by atoms with Gasteiger partial charge in [0.05, 0.1) is 11.5 Å². The van der Waals surface area contributed by atoms with Gasteiger partial charge in [-0.2, -0.15) is 0 Å². The molecule has 1 aromatic rings. The summed E-state index contributed by atoms with van der Waals surface area (Å²) in [6, 6.07) is 6.03. The van der Waals surface area contributed by atoms with Crippen LogP contribution in [0.1, 0.15) is 5.56 Å². The number of nitrogens with zero attached hydrogens (tertiary/aromatic N) is 2. The molecule has 1 aromatic carbocycles. The second-order valence-electron chi connectivity index (χ2n) is 2.73. The smallest absolute Gasteiger partial charge is 0.268 e. The standard InChI is InChI=1S/C10H9ClN2O2/c1-2-6-12-10(11)8-4-3-5-9(7-8)13(14)15/h2-5,7H,1,6H2. The molecule has 15 heavy (non-hydrogen) atoms.